The Morgan fingerprint density at radius 2 is 1.67 bits per heavy atom. The van der Waals surface area contributed by atoms with E-state index in [0.29, 0.717) is 11.1 Å². The van der Waals surface area contributed by atoms with Gasteiger partial charge in [-0.05, 0) is 47.9 Å². The highest BCUT2D eigenvalue weighted by Crippen LogP contribution is 2.30. The average molecular weight is 352 g/mol. The van der Waals surface area contributed by atoms with Crippen molar-refractivity contribution in [3.63, 3.8) is 0 Å². The number of nitrogens with zero attached hydrogens (tertiary/aromatic N) is 2. The number of pyridine rings is 1. The Bertz CT molecular complexity index is 1320. The molecule has 0 amide bonds. The van der Waals surface area contributed by atoms with Crippen molar-refractivity contribution < 1.29 is 9.53 Å². The summed E-state index contributed by atoms with van der Waals surface area (Å²) >= 11 is 0. The zero-order valence-electron chi connectivity index (χ0n) is 14.7. The molecule has 5 rings (SSSR count). The highest BCUT2D eigenvalue weighted by atomic mass is 16.5. The van der Waals surface area contributed by atoms with Crippen molar-refractivity contribution in [3.05, 3.63) is 90.1 Å². The molecule has 4 nitrogen and oxygen atoms in total. The van der Waals surface area contributed by atoms with Crippen molar-refractivity contribution in [1.82, 2.24) is 9.38 Å². The van der Waals surface area contributed by atoms with Crippen LogP contribution in [0.2, 0.25) is 0 Å². The van der Waals surface area contributed by atoms with Gasteiger partial charge in [0, 0.05) is 22.7 Å². The standard InChI is InChI=1S/C23H16N2O2/c1-27-16-11-9-15(10-12-16)23(26)19-14-20-22(18-7-3-2-6-17(18)19)24-21-8-4-5-13-25(20)21/h2-14H,1H3. The summed E-state index contributed by atoms with van der Waals surface area (Å²) in [5.41, 5.74) is 4.01. The number of fused-ring (bicyclic) bond motifs is 5. The number of hydrogen-bond donors (Lipinski definition) is 0. The van der Waals surface area contributed by atoms with E-state index in [9.17, 15) is 4.79 Å². The number of ketones is 1. The molecule has 0 saturated heterocycles. The van der Waals surface area contributed by atoms with Crippen molar-refractivity contribution in [3.8, 4) is 5.75 Å². The first-order chi connectivity index (χ1) is 13.3. The maximum Gasteiger partial charge on any atom is 0.193 e. The summed E-state index contributed by atoms with van der Waals surface area (Å²) in [5, 5.41) is 1.89. The van der Waals surface area contributed by atoms with Gasteiger partial charge in [0.15, 0.2) is 5.78 Å². The molecule has 0 spiro atoms. The van der Waals surface area contributed by atoms with Crippen LogP contribution in [0.4, 0.5) is 0 Å². The topological polar surface area (TPSA) is 43.6 Å². The minimum Gasteiger partial charge on any atom is -0.497 e. The quantitative estimate of drug-likeness (QED) is 0.435. The first kappa shape index (κ1) is 15.6. The van der Waals surface area contributed by atoms with E-state index in [-0.39, 0.29) is 5.78 Å². The van der Waals surface area contributed by atoms with Gasteiger partial charge in [0.1, 0.15) is 11.4 Å². The minimum atomic E-state index is -0.0124. The van der Waals surface area contributed by atoms with E-state index in [4.69, 9.17) is 9.72 Å². The summed E-state index contributed by atoms with van der Waals surface area (Å²) in [4.78, 5) is 18.1. The maximum absolute atomic E-state index is 13.3. The highest BCUT2D eigenvalue weighted by Gasteiger charge is 2.17. The summed E-state index contributed by atoms with van der Waals surface area (Å²) in [6.07, 6.45) is 1.97. The van der Waals surface area contributed by atoms with Crippen molar-refractivity contribution >= 4 is 33.2 Å². The Balaban J connectivity index is 1.81. The van der Waals surface area contributed by atoms with Crippen LogP contribution in [0.1, 0.15) is 15.9 Å². The van der Waals surface area contributed by atoms with Crippen molar-refractivity contribution in [2.24, 2.45) is 0 Å². The monoisotopic (exact) mass is 352 g/mol. The molecule has 0 unspecified atom stereocenters. The lowest BCUT2D eigenvalue weighted by Gasteiger charge is -2.08. The number of hydrogen-bond acceptors (Lipinski definition) is 3. The summed E-state index contributed by atoms with van der Waals surface area (Å²) in [7, 11) is 1.61. The van der Waals surface area contributed by atoms with Crippen LogP contribution < -0.4 is 4.74 Å². The fourth-order valence-electron chi connectivity index (χ4n) is 3.58. The van der Waals surface area contributed by atoms with Crippen molar-refractivity contribution in [2.45, 2.75) is 0 Å². The van der Waals surface area contributed by atoms with E-state index in [1.54, 1.807) is 19.2 Å². The Morgan fingerprint density at radius 1 is 0.926 bits per heavy atom. The molecule has 2 aromatic heterocycles. The Labute approximate surface area is 155 Å². The molecule has 4 heteroatoms. The van der Waals surface area contributed by atoms with Crippen LogP contribution in [0.3, 0.4) is 0 Å². The van der Waals surface area contributed by atoms with Crippen molar-refractivity contribution in [2.75, 3.05) is 7.11 Å². The van der Waals surface area contributed by atoms with Gasteiger partial charge in [-0.1, -0.05) is 30.3 Å². The van der Waals surface area contributed by atoms with Gasteiger partial charge in [-0.15, -0.1) is 0 Å². The number of benzene rings is 3. The third-order valence-corrected chi connectivity index (χ3v) is 4.92. The molecule has 0 aliphatic rings. The Morgan fingerprint density at radius 3 is 2.44 bits per heavy atom. The first-order valence-corrected chi connectivity index (χ1v) is 8.73. The van der Waals surface area contributed by atoms with E-state index >= 15 is 0 Å². The molecule has 0 atom stereocenters. The molecule has 0 bridgehead atoms. The second-order valence-electron chi connectivity index (χ2n) is 6.44. The van der Waals surface area contributed by atoms with Crippen LogP contribution in [0.15, 0.2) is 79.0 Å². The molecule has 3 aromatic carbocycles. The molecule has 0 aliphatic carbocycles. The molecule has 0 fully saturated rings. The zero-order chi connectivity index (χ0) is 18.4. The van der Waals surface area contributed by atoms with Crippen LogP contribution in [0, 0.1) is 0 Å². The lowest BCUT2D eigenvalue weighted by Crippen LogP contribution is -2.03. The van der Waals surface area contributed by atoms with Gasteiger partial charge in [-0.3, -0.25) is 9.20 Å². The first-order valence-electron chi connectivity index (χ1n) is 8.73. The normalized spacial score (nSPS) is 11.3. The van der Waals surface area contributed by atoms with E-state index in [2.05, 4.69) is 0 Å². The van der Waals surface area contributed by atoms with Crippen LogP contribution >= 0.6 is 0 Å². The molecule has 0 radical (unpaired) electrons. The molecular formula is C23H16N2O2. The van der Waals surface area contributed by atoms with Gasteiger partial charge < -0.3 is 4.74 Å². The van der Waals surface area contributed by atoms with Gasteiger partial charge in [-0.25, -0.2) is 4.98 Å². The van der Waals surface area contributed by atoms with Gasteiger partial charge >= 0.3 is 0 Å². The fourth-order valence-corrected chi connectivity index (χ4v) is 3.58. The second-order valence-corrected chi connectivity index (χ2v) is 6.44. The molecular weight excluding hydrogens is 336 g/mol. The van der Waals surface area contributed by atoms with Gasteiger partial charge in [0.25, 0.3) is 0 Å². The van der Waals surface area contributed by atoms with Crippen LogP contribution in [-0.2, 0) is 0 Å². The summed E-state index contributed by atoms with van der Waals surface area (Å²) in [6.45, 7) is 0. The predicted molar refractivity (Wildman–Crippen MR) is 107 cm³/mol. The number of methoxy groups -OCH3 is 1. The predicted octanol–water partition coefficient (Wildman–Crippen LogP) is 4.88. The third kappa shape index (κ3) is 2.38. The molecule has 0 N–H and O–H groups in total. The molecule has 2 heterocycles. The van der Waals surface area contributed by atoms with E-state index in [1.165, 1.54) is 0 Å². The number of imidazole rings is 1. The van der Waals surface area contributed by atoms with E-state index < -0.39 is 0 Å². The molecule has 27 heavy (non-hydrogen) atoms. The lowest BCUT2D eigenvalue weighted by atomic mass is 9.96. The summed E-state index contributed by atoms with van der Waals surface area (Å²) in [6, 6.07) is 23.0. The molecule has 130 valence electrons. The number of carbonyl (C=O) groups excluding carboxylic acids is 1. The largest absolute Gasteiger partial charge is 0.497 e. The average Bonchev–Trinajstić information content (AvgIpc) is 3.12. The molecule has 5 aromatic rings. The third-order valence-electron chi connectivity index (χ3n) is 4.92. The van der Waals surface area contributed by atoms with Gasteiger partial charge in [-0.2, -0.15) is 0 Å². The fraction of sp³-hybridized carbons (Fsp3) is 0.0435. The van der Waals surface area contributed by atoms with Crippen molar-refractivity contribution in [1.29, 1.82) is 0 Å². The lowest BCUT2D eigenvalue weighted by molar-refractivity contribution is 0.104. The second kappa shape index (κ2) is 5.95. The molecule has 0 aliphatic heterocycles. The van der Waals surface area contributed by atoms with Crippen LogP contribution in [0.25, 0.3) is 27.5 Å². The number of rotatable bonds is 3. The molecule has 0 saturated carbocycles. The van der Waals surface area contributed by atoms with E-state index in [1.807, 2.05) is 71.3 Å². The summed E-state index contributed by atoms with van der Waals surface area (Å²) in [5.74, 6) is 0.718. The summed E-state index contributed by atoms with van der Waals surface area (Å²) < 4.78 is 7.22. The SMILES string of the molecule is COc1ccc(C(=O)c2cc3c(nc4ccccn43)c3ccccc23)cc1. The van der Waals surface area contributed by atoms with E-state index in [0.717, 1.165) is 33.2 Å². The Kier molecular flexibility index (Phi) is 3.44. The highest BCUT2D eigenvalue weighted by molar-refractivity contribution is 6.21. The van der Waals surface area contributed by atoms with Gasteiger partial charge in [0.05, 0.1) is 18.1 Å². The van der Waals surface area contributed by atoms with Crippen LogP contribution in [0.5, 0.6) is 5.75 Å². The number of ether oxygens (including phenoxy) is 1. The maximum atomic E-state index is 13.3. The Hall–Kier alpha value is -3.66. The van der Waals surface area contributed by atoms with Crippen LogP contribution in [-0.4, -0.2) is 22.3 Å². The smallest absolute Gasteiger partial charge is 0.193 e. The number of aromatic nitrogens is 2. The zero-order valence-corrected chi connectivity index (χ0v) is 14.7. The van der Waals surface area contributed by atoms with Gasteiger partial charge in [0.2, 0.25) is 0 Å². The number of carbonyl (C=O) groups is 1. The minimum absolute atomic E-state index is 0.0124.